The molecule has 0 aliphatic carbocycles. The number of rotatable bonds is 9. The van der Waals surface area contributed by atoms with Crippen LogP contribution in [-0.4, -0.2) is 44.6 Å². The summed E-state index contributed by atoms with van der Waals surface area (Å²) in [5.41, 5.74) is 2.75. The van der Waals surface area contributed by atoms with Crippen molar-refractivity contribution in [3.63, 3.8) is 0 Å². The van der Waals surface area contributed by atoms with Crippen LogP contribution in [0.4, 0.5) is 4.39 Å². The summed E-state index contributed by atoms with van der Waals surface area (Å²) in [6.45, 7) is 0.298. The topological polar surface area (TPSA) is 102 Å². The van der Waals surface area contributed by atoms with Crippen LogP contribution in [0.3, 0.4) is 0 Å². The number of hydrogen-bond acceptors (Lipinski definition) is 5. The molecule has 35 heavy (non-hydrogen) atoms. The van der Waals surface area contributed by atoms with E-state index in [4.69, 9.17) is 11.6 Å². The quantitative estimate of drug-likeness (QED) is 0.374. The van der Waals surface area contributed by atoms with Gasteiger partial charge in [0.25, 0.3) is 5.91 Å². The van der Waals surface area contributed by atoms with Crippen LogP contribution in [0.15, 0.2) is 79.1 Å². The Morgan fingerprint density at radius 3 is 2.51 bits per heavy atom. The lowest BCUT2D eigenvalue weighted by Crippen LogP contribution is -2.48. The maximum atomic E-state index is 13.2. The van der Waals surface area contributed by atoms with Gasteiger partial charge >= 0.3 is 0 Å². The van der Waals surface area contributed by atoms with Gasteiger partial charge in [-0.15, -0.1) is 5.10 Å². The number of tetrazole rings is 1. The first-order chi connectivity index (χ1) is 17.0. The molecule has 0 bridgehead atoms. The van der Waals surface area contributed by atoms with E-state index in [0.29, 0.717) is 24.4 Å². The monoisotopic (exact) mass is 492 g/mol. The van der Waals surface area contributed by atoms with Crippen molar-refractivity contribution in [1.29, 1.82) is 0 Å². The van der Waals surface area contributed by atoms with Gasteiger partial charge in [-0.25, -0.2) is 9.07 Å². The molecular weight excluding hydrogens is 471 g/mol. The number of hydrogen-bond donors (Lipinski definition) is 2. The molecule has 0 saturated carbocycles. The molecule has 0 saturated heterocycles. The Balaban J connectivity index is 1.45. The van der Waals surface area contributed by atoms with E-state index >= 15 is 0 Å². The van der Waals surface area contributed by atoms with Crippen LogP contribution in [-0.2, 0) is 17.6 Å². The smallest absolute Gasteiger partial charge is 0.251 e. The Morgan fingerprint density at radius 1 is 1.03 bits per heavy atom. The number of nitrogens with one attached hydrogen (secondary N) is 2. The van der Waals surface area contributed by atoms with E-state index in [1.54, 1.807) is 18.2 Å². The van der Waals surface area contributed by atoms with Gasteiger partial charge < -0.3 is 10.6 Å². The molecule has 2 N–H and O–H groups in total. The molecule has 10 heteroatoms. The average molecular weight is 493 g/mol. The molecule has 1 aromatic heterocycles. The van der Waals surface area contributed by atoms with Crippen LogP contribution in [0.1, 0.15) is 21.5 Å². The van der Waals surface area contributed by atoms with Crippen LogP contribution < -0.4 is 10.6 Å². The summed E-state index contributed by atoms with van der Waals surface area (Å²) in [5, 5.41) is 17.4. The molecule has 4 aromatic rings. The van der Waals surface area contributed by atoms with E-state index in [1.807, 2.05) is 30.3 Å². The standard InChI is InChI=1S/C25H22ClFN6O2/c26-20-8-11-23(33-16-29-31-32-33)19(15-20)12-13-28-25(35)22(14-17-4-2-1-3-5-17)30-24(34)18-6-9-21(27)10-7-18/h1-11,15-16,22H,12-14H2,(H,28,35)(H,30,34)/t22-/m0/s1. The molecule has 1 atom stereocenters. The Hall–Kier alpha value is -4.11. The number of benzene rings is 3. The number of carbonyl (C=O) groups excluding carboxylic acids is 2. The van der Waals surface area contributed by atoms with Crippen molar-refractivity contribution in [2.24, 2.45) is 0 Å². The van der Waals surface area contributed by atoms with Gasteiger partial charge in [-0.1, -0.05) is 41.9 Å². The van der Waals surface area contributed by atoms with Crippen LogP contribution in [0.25, 0.3) is 5.69 Å². The van der Waals surface area contributed by atoms with Gasteiger partial charge in [-0.2, -0.15) is 0 Å². The van der Waals surface area contributed by atoms with Crippen LogP contribution in [0, 0.1) is 5.82 Å². The van der Waals surface area contributed by atoms with Gasteiger partial charge in [0.05, 0.1) is 5.69 Å². The van der Waals surface area contributed by atoms with E-state index in [9.17, 15) is 14.0 Å². The number of nitrogens with zero attached hydrogens (tertiary/aromatic N) is 4. The van der Waals surface area contributed by atoms with E-state index < -0.39 is 17.8 Å². The average Bonchev–Trinajstić information content (AvgIpc) is 3.39. The van der Waals surface area contributed by atoms with Crippen LogP contribution >= 0.6 is 11.6 Å². The molecule has 0 aliphatic heterocycles. The molecule has 8 nitrogen and oxygen atoms in total. The summed E-state index contributed by atoms with van der Waals surface area (Å²) >= 11 is 6.17. The fourth-order valence-electron chi connectivity index (χ4n) is 3.59. The zero-order valence-corrected chi connectivity index (χ0v) is 19.3. The van der Waals surface area contributed by atoms with Crippen molar-refractivity contribution >= 4 is 23.4 Å². The van der Waals surface area contributed by atoms with Crippen molar-refractivity contribution in [3.8, 4) is 5.69 Å². The van der Waals surface area contributed by atoms with Crippen LogP contribution in [0.2, 0.25) is 5.02 Å². The Bertz CT molecular complexity index is 1280. The summed E-state index contributed by atoms with van der Waals surface area (Å²) in [5.74, 6) is -1.24. The zero-order valence-electron chi connectivity index (χ0n) is 18.6. The highest BCUT2D eigenvalue weighted by Gasteiger charge is 2.22. The molecule has 1 heterocycles. The van der Waals surface area contributed by atoms with Crippen LogP contribution in [0.5, 0.6) is 0 Å². The minimum atomic E-state index is -0.826. The van der Waals surface area contributed by atoms with Crippen molar-refractivity contribution in [1.82, 2.24) is 30.8 Å². The molecule has 3 aromatic carbocycles. The zero-order chi connectivity index (χ0) is 24.6. The Morgan fingerprint density at radius 2 is 1.80 bits per heavy atom. The van der Waals surface area contributed by atoms with Gasteiger partial charge in [-0.05, 0) is 70.4 Å². The normalized spacial score (nSPS) is 11.6. The third kappa shape index (κ3) is 6.48. The number of carbonyl (C=O) groups is 2. The number of aromatic nitrogens is 4. The van der Waals surface area contributed by atoms with Crippen molar-refractivity contribution in [2.45, 2.75) is 18.9 Å². The minimum absolute atomic E-state index is 0.266. The molecule has 2 amide bonds. The maximum absolute atomic E-state index is 13.2. The molecule has 178 valence electrons. The first kappa shape index (κ1) is 24.0. The second-order valence-corrected chi connectivity index (χ2v) is 8.23. The Labute approximate surface area is 206 Å². The van der Waals surface area contributed by atoms with Gasteiger partial charge in [0.1, 0.15) is 18.2 Å². The summed E-state index contributed by atoms with van der Waals surface area (Å²) < 4.78 is 14.8. The van der Waals surface area contributed by atoms with Gasteiger partial charge in [0, 0.05) is 23.6 Å². The number of amides is 2. The Kier molecular flexibility index (Phi) is 7.79. The molecule has 0 spiro atoms. The summed E-state index contributed by atoms with van der Waals surface area (Å²) in [4.78, 5) is 25.8. The fraction of sp³-hybridized carbons (Fsp3) is 0.160. The fourth-order valence-corrected chi connectivity index (χ4v) is 3.79. The van der Waals surface area contributed by atoms with Gasteiger partial charge in [0.15, 0.2) is 0 Å². The van der Waals surface area contributed by atoms with Gasteiger partial charge in [0.2, 0.25) is 5.91 Å². The lowest BCUT2D eigenvalue weighted by atomic mass is 10.0. The highest BCUT2D eigenvalue weighted by molar-refractivity contribution is 6.30. The number of halogens is 2. The summed E-state index contributed by atoms with van der Waals surface area (Å²) in [6.07, 6.45) is 2.24. The van der Waals surface area contributed by atoms with E-state index in [0.717, 1.165) is 16.8 Å². The SMILES string of the molecule is O=C(N[C@@H](Cc1ccccc1)C(=O)NCCc1cc(Cl)ccc1-n1cnnn1)c1ccc(F)cc1. The van der Waals surface area contributed by atoms with Crippen molar-refractivity contribution in [2.75, 3.05) is 6.54 Å². The minimum Gasteiger partial charge on any atom is -0.354 e. The molecule has 0 fully saturated rings. The second kappa shape index (κ2) is 11.3. The van der Waals surface area contributed by atoms with E-state index in [2.05, 4.69) is 26.2 Å². The van der Waals surface area contributed by atoms with E-state index in [-0.39, 0.29) is 11.5 Å². The van der Waals surface area contributed by atoms with E-state index in [1.165, 1.54) is 35.3 Å². The highest BCUT2D eigenvalue weighted by Crippen LogP contribution is 2.19. The van der Waals surface area contributed by atoms with Crippen molar-refractivity contribution in [3.05, 3.63) is 107 Å². The molecular formula is C25H22ClFN6O2. The molecule has 0 radical (unpaired) electrons. The second-order valence-electron chi connectivity index (χ2n) is 7.79. The predicted molar refractivity (Wildman–Crippen MR) is 129 cm³/mol. The third-order valence-electron chi connectivity index (χ3n) is 5.34. The molecule has 4 rings (SSSR count). The summed E-state index contributed by atoms with van der Waals surface area (Å²) in [6, 6.07) is 19.0. The first-order valence-corrected chi connectivity index (χ1v) is 11.3. The first-order valence-electron chi connectivity index (χ1n) is 10.9. The lowest BCUT2D eigenvalue weighted by molar-refractivity contribution is -0.122. The third-order valence-corrected chi connectivity index (χ3v) is 5.58. The lowest BCUT2D eigenvalue weighted by Gasteiger charge is -2.19. The highest BCUT2D eigenvalue weighted by atomic mass is 35.5. The predicted octanol–water partition coefficient (Wildman–Crippen LogP) is 3.15. The summed E-state index contributed by atoms with van der Waals surface area (Å²) in [7, 11) is 0. The maximum Gasteiger partial charge on any atom is 0.251 e. The van der Waals surface area contributed by atoms with Crippen molar-refractivity contribution < 1.29 is 14.0 Å². The van der Waals surface area contributed by atoms with Gasteiger partial charge in [-0.3, -0.25) is 9.59 Å². The molecule has 0 aliphatic rings. The molecule has 0 unspecified atom stereocenters. The largest absolute Gasteiger partial charge is 0.354 e.